The summed E-state index contributed by atoms with van der Waals surface area (Å²) in [5.41, 5.74) is 3.20. The molecule has 0 bridgehead atoms. The lowest BCUT2D eigenvalue weighted by molar-refractivity contribution is 0.115. The molecule has 0 aliphatic carbocycles. The van der Waals surface area contributed by atoms with Gasteiger partial charge in [-0.15, -0.1) is 11.3 Å². The van der Waals surface area contributed by atoms with E-state index in [1.807, 2.05) is 37.3 Å². The Morgan fingerprint density at radius 2 is 2.17 bits per heavy atom. The summed E-state index contributed by atoms with van der Waals surface area (Å²) in [7, 11) is 1.61. The highest BCUT2D eigenvalue weighted by Gasteiger charge is 2.26. The molecule has 0 atom stereocenters. The third kappa shape index (κ3) is 4.76. The topological polar surface area (TPSA) is 72.4 Å². The minimum atomic E-state index is 0.570. The van der Waals surface area contributed by atoms with E-state index in [-0.39, 0.29) is 0 Å². The first kappa shape index (κ1) is 23.4. The zero-order valence-corrected chi connectivity index (χ0v) is 21.2. The number of methoxy groups -OCH3 is 1. The van der Waals surface area contributed by atoms with Gasteiger partial charge >= 0.3 is 0 Å². The quantitative estimate of drug-likeness (QED) is 0.298. The molecule has 180 valence electrons. The van der Waals surface area contributed by atoms with Gasteiger partial charge in [0.1, 0.15) is 16.4 Å². The van der Waals surface area contributed by atoms with Crippen LogP contribution in [-0.2, 0) is 24.2 Å². The molecule has 5 rings (SSSR count). The van der Waals surface area contributed by atoms with Crippen molar-refractivity contribution in [2.24, 2.45) is 0 Å². The minimum Gasteiger partial charge on any atom is -0.495 e. The van der Waals surface area contributed by atoms with Crippen molar-refractivity contribution in [3.05, 3.63) is 76.2 Å². The highest BCUT2D eigenvalue weighted by atomic mass is 35.5. The lowest BCUT2D eigenvalue weighted by Crippen LogP contribution is -2.29. The van der Waals surface area contributed by atoms with Gasteiger partial charge in [-0.3, -0.25) is 4.98 Å². The largest absolute Gasteiger partial charge is 0.495 e. The summed E-state index contributed by atoms with van der Waals surface area (Å²) in [6.07, 6.45) is 4.41. The molecule has 0 saturated heterocycles. The highest BCUT2D eigenvalue weighted by molar-refractivity contribution is 7.19. The lowest BCUT2D eigenvalue weighted by Gasteiger charge is -2.29. The zero-order valence-electron chi connectivity index (χ0n) is 19.7. The Bertz CT molecular complexity index is 1380. The number of fused-ring (bicyclic) bond motifs is 3. The predicted molar refractivity (Wildman–Crippen MR) is 141 cm³/mol. The van der Waals surface area contributed by atoms with E-state index in [0.717, 1.165) is 46.7 Å². The van der Waals surface area contributed by atoms with E-state index < -0.39 is 0 Å². The molecule has 1 aromatic carbocycles. The second-order valence-electron chi connectivity index (χ2n) is 8.14. The average Bonchev–Trinajstić information content (AvgIpc) is 3.26. The number of ether oxygens (including phenoxy) is 2. The van der Waals surface area contributed by atoms with Crippen LogP contribution in [0.25, 0.3) is 21.6 Å². The minimum absolute atomic E-state index is 0.570. The number of nitrogens with one attached hydrogen (secondary N) is 1. The summed E-state index contributed by atoms with van der Waals surface area (Å²) >= 11 is 8.05. The van der Waals surface area contributed by atoms with Crippen LogP contribution in [0.5, 0.6) is 5.75 Å². The number of halogens is 1. The van der Waals surface area contributed by atoms with Gasteiger partial charge in [-0.2, -0.15) is 0 Å². The normalized spacial score (nSPS) is 12.9. The Kier molecular flexibility index (Phi) is 6.74. The Morgan fingerprint density at radius 3 is 2.91 bits per heavy atom. The summed E-state index contributed by atoms with van der Waals surface area (Å²) in [5.74, 6) is 2.83. The third-order valence-electron chi connectivity index (χ3n) is 5.96. The fourth-order valence-corrected chi connectivity index (χ4v) is 5.74. The number of aromatic nitrogens is 3. The van der Waals surface area contributed by atoms with Crippen molar-refractivity contribution in [3.63, 3.8) is 0 Å². The monoisotopic (exact) mass is 507 g/mol. The summed E-state index contributed by atoms with van der Waals surface area (Å²) in [6.45, 7) is 8.84. The number of thiophene rings is 1. The molecule has 0 fully saturated rings. The van der Waals surface area contributed by atoms with Crippen molar-refractivity contribution >= 4 is 39.0 Å². The Balaban J connectivity index is 1.53. The van der Waals surface area contributed by atoms with Crippen LogP contribution < -0.4 is 10.1 Å². The number of pyridine rings is 1. The highest BCUT2D eigenvalue weighted by Crippen LogP contribution is 2.39. The molecular weight excluding hydrogens is 482 g/mol. The maximum Gasteiger partial charge on any atom is 0.182 e. The molecule has 1 aliphatic rings. The summed E-state index contributed by atoms with van der Waals surface area (Å²) in [4.78, 5) is 18.5. The molecule has 35 heavy (non-hydrogen) atoms. The molecule has 7 nitrogen and oxygen atoms in total. The van der Waals surface area contributed by atoms with Crippen LogP contribution >= 0.6 is 22.9 Å². The van der Waals surface area contributed by atoms with Crippen molar-refractivity contribution in [2.75, 3.05) is 25.6 Å². The number of hydrogen-bond donors (Lipinski definition) is 1. The fourth-order valence-electron chi connectivity index (χ4n) is 4.22. The first-order valence-corrected chi connectivity index (χ1v) is 12.6. The maximum atomic E-state index is 6.34. The van der Waals surface area contributed by atoms with Gasteiger partial charge in [-0.1, -0.05) is 17.7 Å². The summed E-state index contributed by atoms with van der Waals surface area (Å²) in [6, 6.07) is 9.66. The second kappa shape index (κ2) is 10.1. The van der Waals surface area contributed by atoms with E-state index in [4.69, 9.17) is 31.0 Å². The Labute approximate surface area is 213 Å². The summed E-state index contributed by atoms with van der Waals surface area (Å²) in [5, 5.41) is 5.21. The SMILES string of the molecule is C=C(OCC)N1CCc2c(sc3nc(-c4cccnc4)nc(NCc4ccc(OC)c(Cl)c4)c23)C1. The molecule has 3 aromatic heterocycles. The van der Waals surface area contributed by atoms with Gasteiger partial charge in [0.25, 0.3) is 0 Å². The standard InChI is InChI=1S/C26H26ClN5O2S/c1-4-34-16(2)32-11-9-19-22(15-32)35-26-23(19)25(30-24(31-26)18-6-5-10-28-14-18)29-13-17-7-8-21(33-3)20(27)12-17/h5-8,10,12,14H,2,4,9,11,13,15H2,1,3H3,(H,29,30,31). The van der Waals surface area contributed by atoms with Crippen molar-refractivity contribution in [3.8, 4) is 17.1 Å². The predicted octanol–water partition coefficient (Wildman–Crippen LogP) is 5.89. The molecule has 0 amide bonds. The molecule has 0 radical (unpaired) electrons. The van der Waals surface area contributed by atoms with Crippen LogP contribution in [0, 0.1) is 0 Å². The Hall–Kier alpha value is -3.36. The van der Waals surface area contributed by atoms with Crippen LogP contribution in [-0.4, -0.2) is 40.1 Å². The molecule has 0 unspecified atom stereocenters. The lowest BCUT2D eigenvalue weighted by atomic mass is 10.0. The number of hydrogen-bond acceptors (Lipinski definition) is 8. The molecule has 4 heterocycles. The molecule has 4 aromatic rings. The Morgan fingerprint density at radius 1 is 1.29 bits per heavy atom. The van der Waals surface area contributed by atoms with Crippen LogP contribution in [0.4, 0.5) is 5.82 Å². The van der Waals surface area contributed by atoms with Crippen LogP contribution in [0.15, 0.2) is 55.2 Å². The number of benzene rings is 1. The van der Waals surface area contributed by atoms with Gasteiger partial charge in [0.15, 0.2) is 11.7 Å². The van der Waals surface area contributed by atoms with Gasteiger partial charge in [-0.05, 0) is 55.3 Å². The summed E-state index contributed by atoms with van der Waals surface area (Å²) < 4.78 is 10.9. The molecular formula is C26H26ClN5O2S. The van der Waals surface area contributed by atoms with Gasteiger partial charge in [0, 0.05) is 35.9 Å². The van der Waals surface area contributed by atoms with Crippen molar-refractivity contribution in [1.82, 2.24) is 19.9 Å². The first-order chi connectivity index (χ1) is 17.1. The first-order valence-electron chi connectivity index (χ1n) is 11.4. The molecule has 1 aliphatic heterocycles. The van der Waals surface area contributed by atoms with E-state index >= 15 is 0 Å². The van der Waals surface area contributed by atoms with Crippen LogP contribution in [0.1, 0.15) is 22.9 Å². The van der Waals surface area contributed by atoms with Crippen LogP contribution in [0.3, 0.4) is 0 Å². The second-order valence-corrected chi connectivity index (χ2v) is 9.63. The van der Waals surface area contributed by atoms with E-state index in [2.05, 4.69) is 21.8 Å². The number of rotatable bonds is 8. The van der Waals surface area contributed by atoms with Crippen molar-refractivity contribution in [1.29, 1.82) is 0 Å². The molecule has 0 spiro atoms. The number of anilines is 1. The van der Waals surface area contributed by atoms with E-state index in [1.54, 1.807) is 30.8 Å². The van der Waals surface area contributed by atoms with Gasteiger partial charge in [0.05, 0.1) is 30.7 Å². The van der Waals surface area contributed by atoms with Gasteiger partial charge in [-0.25, -0.2) is 9.97 Å². The van der Waals surface area contributed by atoms with Gasteiger partial charge < -0.3 is 19.7 Å². The number of nitrogens with zero attached hydrogens (tertiary/aromatic N) is 4. The smallest absolute Gasteiger partial charge is 0.182 e. The molecule has 1 N–H and O–H groups in total. The van der Waals surface area contributed by atoms with Gasteiger partial charge in [0.2, 0.25) is 0 Å². The van der Waals surface area contributed by atoms with E-state index in [9.17, 15) is 0 Å². The zero-order chi connectivity index (χ0) is 24.4. The average molecular weight is 508 g/mol. The van der Waals surface area contributed by atoms with Crippen LogP contribution in [0.2, 0.25) is 5.02 Å². The van der Waals surface area contributed by atoms with E-state index in [1.165, 1.54) is 10.4 Å². The molecule has 9 heteroatoms. The molecule has 0 saturated carbocycles. The van der Waals surface area contributed by atoms with E-state index in [0.29, 0.717) is 35.6 Å². The third-order valence-corrected chi connectivity index (χ3v) is 7.37. The van der Waals surface area contributed by atoms with Crippen molar-refractivity contribution in [2.45, 2.75) is 26.4 Å². The fraction of sp³-hybridized carbons (Fsp3) is 0.269. The van der Waals surface area contributed by atoms with Crippen molar-refractivity contribution < 1.29 is 9.47 Å². The maximum absolute atomic E-state index is 6.34.